The largest absolute Gasteiger partial charge is 0.493 e. The lowest BCUT2D eigenvalue weighted by molar-refractivity contribution is 0.179. The topological polar surface area (TPSA) is 74.6 Å². The molecule has 0 aliphatic carbocycles. The highest BCUT2D eigenvalue weighted by molar-refractivity contribution is 5.76. The molecule has 6 nitrogen and oxygen atoms in total. The number of amides is 2. The lowest BCUT2D eigenvalue weighted by atomic mass is 9.88. The summed E-state index contributed by atoms with van der Waals surface area (Å²) in [6.07, 6.45) is 0.726. The Morgan fingerprint density at radius 2 is 1.75 bits per heavy atom. The molecule has 1 aliphatic rings. The van der Waals surface area contributed by atoms with Crippen LogP contribution in [-0.2, 0) is 13.0 Å². The van der Waals surface area contributed by atoms with Crippen molar-refractivity contribution in [3.05, 3.63) is 94.5 Å². The minimum absolute atomic E-state index is 0.136. The summed E-state index contributed by atoms with van der Waals surface area (Å²) in [4.78, 5) is 15.1. The van der Waals surface area contributed by atoms with Crippen molar-refractivity contribution in [3.8, 4) is 17.6 Å². The molecule has 3 aromatic carbocycles. The summed E-state index contributed by atoms with van der Waals surface area (Å²) >= 11 is 0. The molecule has 2 amide bonds. The van der Waals surface area contributed by atoms with Crippen molar-refractivity contribution in [1.29, 1.82) is 5.26 Å². The number of nitriles is 1. The SMILES string of the molecule is COc1cc2c(cc1OC)C(c1ccccc1)N(C(=O)NCc1ccc(C#N)cc1)CC2. The van der Waals surface area contributed by atoms with E-state index in [-0.39, 0.29) is 12.1 Å². The fraction of sp³-hybridized carbons (Fsp3) is 0.231. The monoisotopic (exact) mass is 427 g/mol. The van der Waals surface area contributed by atoms with Gasteiger partial charge in [0.2, 0.25) is 0 Å². The summed E-state index contributed by atoms with van der Waals surface area (Å²) in [6.45, 7) is 0.975. The van der Waals surface area contributed by atoms with Gasteiger partial charge in [-0.2, -0.15) is 5.26 Å². The van der Waals surface area contributed by atoms with E-state index in [2.05, 4.69) is 11.4 Å². The molecule has 0 spiro atoms. The van der Waals surface area contributed by atoms with Gasteiger partial charge in [0.25, 0.3) is 0 Å². The molecule has 0 bridgehead atoms. The number of nitrogens with zero attached hydrogens (tertiary/aromatic N) is 2. The molecular formula is C26H25N3O3. The Bertz CT molecular complexity index is 1140. The molecule has 1 aliphatic heterocycles. The number of carbonyl (C=O) groups excluding carboxylic acids is 1. The third kappa shape index (κ3) is 4.23. The van der Waals surface area contributed by atoms with Gasteiger partial charge in [0.05, 0.1) is 31.9 Å². The van der Waals surface area contributed by atoms with Gasteiger partial charge in [-0.3, -0.25) is 0 Å². The lowest BCUT2D eigenvalue weighted by Crippen LogP contribution is -2.45. The number of rotatable bonds is 5. The number of hydrogen-bond donors (Lipinski definition) is 1. The summed E-state index contributed by atoms with van der Waals surface area (Å²) < 4.78 is 11.0. The molecule has 0 radical (unpaired) electrons. The third-order valence-corrected chi connectivity index (χ3v) is 5.78. The summed E-state index contributed by atoms with van der Waals surface area (Å²) in [5.74, 6) is 1.34. The maximum absolute atomic E-state index is 13.3. The minimum Gasteiger partial charge on any atom is -0.493 e. The second-order valence-corrected chi connectivity index (χ2v) is 7.63. The highest BCUT2D eigenvalue weighted by Gasteiger charge is 2.33. The Kier molecular flexibility index (Phi) is 6.27. The average molecular weight is 428 g/mol. The maximum Gasteiger partial charge on any atom is 0.318 e. The van der Waals surface area contributed by atoms with Gasteiger partial charge in [-0.05, 0) is 52.9 Å². The van der Waals surface area contributed by atoms with Crippen molar-refractivity contribution in [2.24, 2.45) is 0 Å². The fourth-order valence-electron chi connectivity index (χ4n) is 4.14. The van der Waals surface area contributed by atoms with E-state index < -0.39 is 0 Å². The van der Waals surface area contributed by atoms with Crippen LogP contribution in [0.1, 0.15) is 33.9 Å². The number of methoxy groups -OCH3 is 2. The molecule has 1 atom stereocenters. The summed E-state index contributed by atoms with van der Waals surface area (Å²) in [5.41, 5.74) is 4.76. The predicted octanol–water partition coefficient (Wildman–Crippen LogP) is 4.43. The number of urea groups is 1. The second kappa shape index (κ2) is 9.44. The molecule has 32 heavy (non-hydrogen) atoms. The van der Waals surface area contributed by atoms with Gasteiger partial charge >= 0.3 is 6.03 Å². The first kappa shape index (κ1) is 21.3. The van der Waals surface area contributed by atoms with Crippen LogP contribution < -0.4 is 14.8 Å². The van der Waals surface area contributed by atoms with E-state index >= 15 is 0 Å². The Hall–Kier alpha value is -3.98. The van der Waals surface area contributed by atoms with E-state index in [1.165, 1.54) is 0 Å². The number of nitrogens with one attached hydrogen (secondary N) is 1. The molecule has 0 fully saturated rings. The number of ether oxygens (including phenoxy) is 2. The maximum atomic E-state index is 13.3. The summed E-state index contributed by atoms with van der Waals surface area (Å²) in [6, 6.07) is 23.0. The van der Waals surface area contributed by atoms with Crippen LogP contribution in [0, 0.1) is 11.3 Å². The zero-order valence-corrected chi connectivity index (χ0v) is 18.2. The predicted molar refractivity (Wildman–Crippen MR) is 122 cm³/mol. The summed E-state index contributed by atoms with van der Waals surface area (Å²) in [7, 11) is 3.25. The lowest BCUT2D eigenvalue weighted by Gasteiger charge is -2.38. The Morgan fingerprint density at radius 3 is 2.41 bits per heavy atom. The van der Waals surface area contributed by atoms with Crippen molar-refractivity contribution in [2.45, 2.75) is 19.0 Å². The van der Waals surface area contributed by atoms with Crippen LogP contribution in [0.3, 0.4) is 0 Å². The van der Waals surface area contributed by atoms with Crippen LogP contribution in [-0.4, -0.2) is 31.7 Å². The molecule has 3 aromatic rings. The minimum atomic E-state index is -0.235. The molecule has 1 unspecified atom stereocenters. The Morgan fingerprint density at radius 1 is 1.06 bits per heavy atom. The quantitative estimate of drug-likeness (QED) is 0.654. The highest BCUT2D eigenvalue weighted by Crippen LogP contribution is 2.41. The fourth-order valence-corrected chi connectivity index (χ4v) is 4.14. The Labute approximate surface area is 188 Å². The zero-order valence-electron chi connectivity index (χ0n) is 18.2. The first-order valence-corrected chi connectivity index (χ1v) is 10.5. The first-order chi connectivity index (χ1) is 15.6. The van der Waals surface area contributed by atoms with Crippen molar-refractivity contribution in [1.82, 2.24) is 10.2 Å². The van der Waals surface area contributed by atoms with Gasteiger partial charge in [0.15, 0.2) is 11.5 Å². The second-order valence-electron chi connectivity index (χ2n) is 7.63. The van der Waals surface area contributed by atoms with Gasteiger partial charge in [-0.1, -0.05) is 42.5 Å². The molecule has 0 saturated heterocycles. The van der Waals surface area contributed by atoms with Crippen molar-refractivity contribution in [3.63, 3.8) is 0 Å². The van der Waals surface area contributed by atoms with Gasteiger partial charge in [0.1, 0.15) is 0 Å². The summed E-state index contributed by atoms with van der Waals surface area (Å²) in [5, 5.41) is 12.0. The van der Waals surface area contributed by atoms with E-state index in [1.54, 1.807) is 26.4 Å². The first-order valence-electron chi connectivity index (χ1n) is 10.5. The van der Waals surface area contributed by atoms with Gasteiger partial charge in [0, 0.05) is 13.1 Å². The van der Waals surface area contributed by atoms with Crippen LogP contribution >= 0.6 is 0 Å². The molecule has 0 saturated carbocycles. The number of fused-ring (bicyclic) bond motifs is 1. The van der Waals surface area contributed by atoms with E-state index in [9.17, 15) is 4.79 Å². The van der Waals surface area contributed by atoms with E-state index in [0.29, 0.717) is 30.2 Å². The smallest absolute Gasteiger partial charge is 0.318 e. The van der Waals surface area contributed by atoms with E-state index in [4.69, 9.17) is 14.7 Å². The van der Waals surface area contributed by atoms with Crippen molar-refractivity contribution < 1.29 is 14.3 Å². The number of carbonyl (C=O) groups is 1. The Balaban J connectivity index is 1.64. The van der Waals surface area contributed by atoms with Crippen molar-refractivity contribution in [2.75, 3.05) is 20.8 Å². The third-order valence-electron chi connectivity index (χ3n) is 5.78. The molecule has 1 N–H and O–H groups in total. The average Bonchev–Trinajstić information content (AvgIpc) is 2.86. The van der Waals surface area contributed by atoms with Crippen LogP contribution in [0.4, 0.5) is 4.79 Å². The van der Waals surface area contributed by atoms with Gasteiger partial charge in [-0.15, -0.1) is 0 Å². The highest BCUT2D eigenvalue weighted by atomic mass is 16.5. The van der Waals surface area contributed by atoms with Crippen LogP contribution in [0.2, 0.25) is 0 Å². The molecule has 6 heteroatoms. The molecule has 0 aromatic heterocycles. The van der Waals surface area contributed by atoms with Gasteiger partial charge in [-0.25, -0.2) is 4.79 Å². The van der Waals surface area contributed by atoms with Crippen LogP contribution in [0.15, 0.2) is 66.7 Å². The van der Waals surface area contributed by atoms with E-state index in [0.717, 1.165) is 28.7 Å². The molecular weight excluding hydrogens is 402 g/mol. The van der Waals surface area contributed by atoms with Gasteiger partial charge < -0.3 is 19.7 Å². The number of benzene rings is 3. The van der Waals surface area contributed by atoms with E-state index in [1.807, 2.05) is 59.5 Å². The zero-order chi connectivity index (χ0) is 22.5. The van der Waals surface area contributed by atoms with Crippen LogP contribution in [0.5, 0.6) is 11.5 Å². The van der Waals surface area contributed by atoms with Crippen molar-refractivity contribution >= 4 is 6.03 Å². The molecule has 4 rings (SSSR count). The normalized spacial score (nSPS) is 14.8. The standard InChI is InChI=1S/C26H25N3O3/c1-31-23-14-21-12-13-29(26(30)28-17-19-10-8-18(16-27)9-11-19)25(20-6-4-3-5-7-20)22(21)15-24(23)32-2/h3-11,14-15,25H,12-13,17H2,1-2H3,(H,28,30). The van der Waals surface area contributed by atoms with Crippen LogP contribution in [0.25, 0.3) is 0 Å². The number of hydrogen-bond acceptors (Lipinski definition) is 4. The molecule has 1 heterocycles. The molecule has 162 valence electrons.